The molecule has 7 nitrogen and oxygen atoms in total. The van der Waals surface area contributed by atoms with E-state index in [2.05, 4.69) is 23.0 Å². The van der Waals surface area contributed by atoms with E-state index in [1.54, 1.807) is 0 Å². The molecule has 2 aromatic rings. The van der Waals surface area contributed by atoms with Gasteiger partial charge in [0.2, 0.25) is 0 Å². The van der Waals surface area contributed by atoms with Gasteiger partial charge in [-0.1, -0.05) is 19.4 Å². The molecule has 0 aliphatic heterocycles. The fraction of sp³-hybridized carbons (Fsp3) is 0.455. The van der Waals surface area contributed by atoms with Crippen molar-refractivity contribution < 1.29 is 18.0 Å². The molecule has 2 N–H and O–H groups in total. The summed E-state index contributed by atoms with van der Waals surface area (Å²) in [5, 5.41) is 2.80. The van der Waals surface area contributed by atoms with Crippen molar-refractivity contribution in [3.8, 4) is 0 Å². The normalized spacial score (nSPS) is 15.6. The van der Waals surface area contributed by atoms with Crippen molar-refractivity contribution in [1.29, 1.82) is 0 Å². The van der Waals surface area contributed by atoms with Gasteiger partial charge < -0.3 is 5.32 Å². The molecular weight excluding hydrogens is 402 g/mol. The van der Waals surface area contributed by atoms with E-state index in [9.17, 15) is 18.0 Å². The molecular formula is C22H27N3O4S. The van der Waals surface area contributed by atoms with Gasteiger partial charge in [-0.05, 0) is 73.3 Å². The second-order valence-corrected chi connectivity index (χ2v) is 9.72. The number of Topliss-reactive ketones (excluding diaryl/α,β-unsaturated/α-hetero) is 1. The number of aryl methyl sites for hydroxylation is 3. The number of urea groups is 1. The Morgan fingerprint density at radius 2 is 1.83 bits per heavy atom. The van der Waals surface area contributed by atoms with Crippen molar-refractivity contribution in [3.05, 3.63) is 51.8 Å². The third kappa shape index (κ3) is 3.76. The summed E-state index contributed by atoms with van der Waals surface area (Å²) in [7, 11) is -4.14. The molecule has 160 valence electrons. The van der Waals surface area contributed by atoms with Crippen LogP contribution in [0.15, 0.2) is 18.5 Å². The zero-order chi connectivity index (χ0) is 21.5. The minimum atomic E-state index is -4.14. The van der Waals surface area contributed by atoms with Gasteiger partial charge in [0.05, 0.1) is 0 Å². The predicted molar refractivity (Wildman–Crippen MR) is 115 cm³/mol. The van der Waals surface area contributed by atoms with Crippen molar-refractivity contribution in [3.63, 3.8) is 0 Å². The highest BCUT2D eigenvalue weighted by atomic mass is 32.2. The molecule has 1 heterocycles. The Morgan fingerprint density at radius 1 is 1.10 bits per heavy atom. The van der Waals surface area contributed by atoms with E-state index >= 15 is 0 Å². The van der Waals surface area contributed by atoms with E-state index in [1.165, 1.54) is 23.5 Å². The Labute approximate surface area is 177 Å². The van der Waals surface area contributed by atoms with Gasteiger partial charge in [-0.3, -0.25) is 4.79 Å². The minimum Gasteiger partial charge on any atom is -0.307 e. The maximum absolute atomic E-state index is 12.7. The summed E-state index contributed by atoms with van der Waals surface area (Å²) in [5.41, 5.74) is 6.37. The third-order valence-corrected chi connectivity index (χ3v) is 7.27. The van der Waals surface area contributed by atoms with Crippen molar-refractivity contribution in [2.75, 3.05) is 5.32 Å². The second kappa shape index (κ2) is 7.91. The van der Waals surface area contributed by atoms with E-state index in [-0.39, 0.29) is 5.78 Å². The fourth-order valence-corrected chi connectivity index (χ4v) is 5.46. The number of carbonyl (C=O) groups excluding carboxylic acids is 2. The highest BCUT2D eigenvalue weighted by Gasteiger charge is 2.26. The first-order valence-corrected chi connectivity index (χ1v) is 12.0. The lowest BCUT2D eigenvalue weighted by Crippen LogP contribution is -2.38. The van der Waals surface area contributed by atoms with Gasteiger partial charge in [-0.15, -0.1) is 0 Å². The maximum atomic E-state index is 12.7. The SMILES string of the molecule is CCCc1cc2c(c(NC(=O)NS(=O)(=O)n3cc4c(c3)C(=O)CCC4)c1C)CCC2. The standard InChI is InChI=1S/C22H27N3O4S/c1-3-6-15-11-16-7-4-9-18(16)21(14(15)2)23-22(27)24-30(28,29)25-12-17-8-5-10-20(26)19(17)13-25/h11-13H,3-10H2,1-2H3,(H2,23,24,27). The monoisotopic (exact) mass is 429 g/mol. The molecule has 1 aromatic heterocycles. The molecule has 0 saturated carbocycles. The van der Waals surface area contributed by atoms with Crippen LogP contribution in [0.2, 0.25) is 0 Å². The van der Waals surface area contributed by atoms with Crippen LogP contribution in [0.25, 0.3) is 0 Å². The lowest BCUT2D eigenvalue weighted by Gasteiger charge is -2.18. The van der Waals surface area contributed by atoms with Gasteiger partial charge >= 0.3 is 16.2 Å². The van der Waals surface area contributed by atoms with Crippen LogP contribution in [0.1, 0.15) is 70.8 Å². The van der Waals surface area contributed by atoms with Gasteiger partial charge in [-0.2, -0.15) is 8.42 Å². The molecule has 0 unspecified atom stereocenters. The van der Waals surface area contributed by atoms with Gasteiger partial charge in [0.25, 0.3) is 0 Å². The van der Waals surface area contributed by atoms with Gasteiger partial charge in [0, 0.05) is 30.1 Å². The molecule has 8 heteroatoms. The summed E-state index contributed by atoms with van der Waals surface area (Å²) < 4.78 is 28.5. The summed E-state index contributed by atoms with van der Waals surface area (Å²) in [5.74, 6) is -0.0615. The molecule has 4 rings (SSSR count). The van der Waals surface area contributed by atoms with Gasteiger partial charge in [0.15, 0.2) is 5.78 Å². The number of rotatable bonds is 5. The average Bonchev–Trinajstić information content (AvgIpc) is 3.32. The number of fused-ring (bicyclic) bond motifs is 2. The molecule has 0 saturated heterocycles. The van der Waals surface area contributed by atoms with E-state index in [1.807, 2.05) is 6.92 Å². The molecule has 1 aromatic carbocycles. The van der Waals surface area contributed by atoms with Crippen LogP contribution in [-0.4, -0.2) is 24.2 Å². The highest BCUT2D eigenvalue weighted by Crippen LogP contribution is 2.34. The van der Waals surface area contributed by atoms with E-state index < -0.39 is 16.2 Å². The van der Waals surface area contributed by atoms with Crippen molar-refractivity contribution >= 4 is 27.7 Å². The fourth-order valence-electron chi connectivity index (χ4n) is 4.56. The first-order valence-electron chi connectivity index (χ1n) is 10.5. The van der Waals surface area contributed by atoms with Crippen LogP contribution in [0.3, 0.4) is 0 Å². The Morgan fingerprint density at radius 3 is 2.57 bits per heavy atom. The predicted octanol–water partition coefficient (Wildman–Crippen LogP) is 3.67. The lowest BCUT2D eigenvalue weighted by molar-refractivity contribution is 0.0973. The molecule has 2 aliphatic carbocycles. The number of nitrogens with one attached hydrogen (secondary N) is 2. The summed E-state index contributed by atoms with van der Waals surface area (Å²) in [4.78, 5) is 24.7. The van der Waals surface area contributed by atoms with Crippen LogP contribution in [0, 0.1) is 6.92 Å². The summed E-state index contributed by atoms with van der Waals surface area (Å²) in [6.07, 6.45) is 9.30. The number of amides is 2. The summed E-state index contributed by atoms with van der Waals surface area (Å²) >= 11 is 0. The molecule has 0 atom stereocenters. The van der Waals surface area contributed by atoms with E-state index in [0.717, 1.165) is 52.9 Å². The molecule has 2 amide bonds. The lowest BCUT2D eigenvalue weighted by atomic mass is 9.95. The second-order valence-electron chi connectivity index (χ2n) is 8.14. The number of nitrogens with zero attached hydrogens (tertiary/aromatic N) is 1. The topological polar surface area (TPSA) is 97.3 Å². The van der Waals surface area contributed by atoms with Crippen molar-refractivity contribution in [1.82, 2.24) is 8.69 Å². The molecule has 0 spiro atoms. The Hall–Kier alpha value is -2.61. The number of carbonyl (C=O) groups is 2. The first kappa shape index (κ1) is 20.7. The first-order chi connectivity index (χ1) is 14.3. The van der Waals surface area contributed by atoms with E-state index in [4.69, 9.17) is 0 Å². The average molecular weight is 430 g/mol. The number of aromatic nitrogens is 1. The maximum Gasteiger partial charge on any atom is 0.334 e. The quantitative estimate of drug-likeness (QED) is 0.758. The van der Waals surface area contributed by atoms with Crippen LogP contribution >= 0.6 is 0 Å². The van der Waals surface area contributed by atoms with Crippen LogP contribution < -0.4 is 10.0 Å². The Kier molecular flexibility index (Phi) is 5.44. The van der Waals surface area contributed by atoms with E-state index in [0.29, 0.717) is 30.4 Å². The number of benzene rings is 1. The van der Waals surface area contributed by atoms with Crippen LogP contribution in [0.5, 0.6) is 0 Å². The zero-order valence-electron chi connectivity index (χ0n) is 17.4. The molecule has 0 fully saturated rings. The van der Waals surface area contributed by atoms with Crippen molar-refractivity contribution in [2.24, 2.45) is 0 Å². The largest absolute Gasteiger partial charge is 0.334 e. The Balaban J connectivity index is 1.57. The number of ketones is 1. The van der Waals surface area contributed by atoms with Gasteiger partial charge in [0.1, 0.15) is 0 Å². The molecule has 0 bridgehead atoms. The summed E-state index contributed by atoms with van der Waals surface area (Å²) in [6, 6.07) is 1.43. The molecule has 0 radical (unpaired) electrons. The number of hydrogen-bond acceptors (Lipinski definition) is 4. The highest BCUT2D eigenvalue weighted by molar-refractivity contribution is 7.88. The number of hydrogen-bond donors (Lipinski definition) is 2. The Bertz CT molecular complexity index is 1130. The van der Waals surface area contributed by atoms with Crippen molar-refractivity contribution in [2.45, 2.75) is 65.2 Å². The molecule has 30 heavy (non-hydrogen) atoms. The third-order valence-electron chi connectivity index (χ3n) is 6.06. The number of anilines is 1. The van der Waals surface area contributed by atoms with Gasteiger partial charge in [-0.25, -0.2) is 13.5 Å². The molecule has 2 aliphatic rings. The smallest absolute Gasteiger partial charge is 0.307 e. The summed E-state index contributed by atoms with van der Waals surface area (Å²) in [6.45, 7) is 4.08. The zero-order valence-corrected chi connectivity index (χ0v) is 18.2. The van der Waals surface area contributed by atoms with Crippen LogP contribution in [0.4, 0.5) is 10.5 Å². The minimum absolute atomic E-state index is 0.0615. The van der Waals surface area contributed by atoms with Crippen LogP contribution in [-0.2, 0) is 35.9 Å².